The summed E-state index contributed by atoms with van der Waals surface area (Å²) in [6.45, 7) is 3.06. The highest BCUT2D eigenvalue weighted by Crippen LogP contribution is 2.39. The van der Waals surface area contributed by atoms with Gasteiger partial charge < -0.3 is 10.1 Å². The number of hydrogen-bond donors (Lipinski definition) is 3. The first-order valence-electron chi connectivity index (χ1n) is 8.69. The predicted molar refractivity (Wildman–Crippen MR) is 107 cm³/mol. The summed E-state index contributed by atoms with van der Waals surface area (Å²) >= 11 is 0. The van der Waals surface area contributed by atoms with E-state index < -0.39 is 47.7 Å². The molecule has 13 heteroatoms. The van der Waals surface area contributed by atoms with E-state index in [0.717, 1.165) is 5.56 Å². The van der Waals surface area contributed by atoms with Crippen LogP contribution in [-0.2, 0) is 37.4 Å². The molecule has 0 aromatic heterocycles. The number of carbonyl (C=O) groups excluding carboxylic acids is 1. The van der Waals surface area contributed by atoms with Crippen LogP contribution in [0.1, 0.15) is 25.0 Å². The minimum atomic E-state index is -5.04. The molecule has 0 saturated carbocycles. The largest absolute Gasteiger partial charge is 0.417 e. The molecule has 1 atom stereocenters. The number of ketones is 1. The van der Waals surface area contributed by atoms with E-state index in [-0.39, 0.29) is 17.9 Å². The Morgan fingerprint density at radius 3 is 2.16 bits per heavy atom. The number of Topliss-reactive ketones (excluding diaryl/α,β-unsaturated/α-hetero) is 1. The van der Waals surface area contributed by atoms with Crippen LogP contribution in [-0.4, -0.2) is 28.8 Å². The van der Waals surface area contributed by atoms with E-state index in [0.29, 0.717) is 12.1 Å². The van der Waals surface area contributed by atoms with Gasteiger partial charge in [-0.3, -0.25) is 0 Å². The van der Waals surface area contributed by atoms with Crippen LogP contribution in [0.4, 0.5) is 18.9 Å². The number of alkyl halides is 3. The second-order valence-corrected chi connectivity index (χ2v) is 10.0. The van der Waals surface area contributed by atoms with Crippen LogP contribution < -0.4 is 15.2 Å². The van der Waals surface area contributed by atoms with Crippen molar-refractivity contribution < 1.29 is 34.8 Å². The van der Waals surface area contributed by atoms with E-state index >= 15 is 0 Å². The maximum Gasteiger partial charge on any atom is 0.417 e. The number of primary sulfonamides is 1. The van der Waals surface area contributed by atoms with E-state index in [2.05, 4.69) is 10.0 Å². The van der Waals surface area contributed by atoms with Gasteiger partial charge in [0.05, 0.1) is 22.3 Å². The van der Waals surface area contributed by atoms with Gasteiger partial charge in [-0.05, 0) is 31.5 Å². The number of nitrogens with one attached hydrogen (secondary N) is 2. The van der Waals surface area contributed by atoms with Crippen LogP contribution in [0.25, 0.3) is 0 Å². The first-order valence-corrected chi connectivity index (χ1v) is 11.7. The Balaban J connectivity index is 0.000000785. The summed E-state index contributed by atoms with van der Waals surface area (Å²) in [4.78, 5) is 7.52. The van der Waals surface area contributed by atoms with Gasteiger partial charge in [0.25, 0.3) is 0 Å². The van der Waals surface area contributed by atoms with Crippen LogP contribution in [0.5, 0.6) is 0 Å². The van der Waals surface area contributed by atoms with E-state index in [1.807, 2.05) is 0 Å². The molecule has 0 aliphatic carbocycles. The average molecular weight is 480 g/mol. The number of hydrogen-bond acceptors (Lipinski definition) is 6. The van der Waals surface area contributed by atoms with Crippen molar-refractivity contribution in [2.75, 3.05) is 5.32 Å². The third-order valence-electron chi connectivity index (χ3n) is 3.89. The highest BCUT2D eigenvalue weighted by molar-refractivity contribution is 7.90. The normalized spacial score (nSPS) is 17.5. The molecule has 8 nitrogen and oxygen atoms in total. The van der Waals surface area contributed by atoms with Crippen molar-refractivity contribution in [1.29, 1.82) is 0 Å². The number of nitrogens with two attached hydrogens (primary N) is 1. The number of rotatable bonds is 3. The minimum Gasteiger partial charge on any atom is -0.368 e. The summed E-state index contributed by atoms with van der Waals surface area (Å²) < 4.78 is 90.1. The fourth-order valence-corrected chi connectivity index (χ4v) is 4.93. The Morgan fingerprint density at radius 2 is 1.68 bits per heavy atom. The molecule has 1 aliphatic rings. The van der Waals surface area contributed by atoms with Gasteiger partial charge in [0.2, 0.25) is 20.0 Å². The summed E-state index contributed by atoms with van der Waals surface area (Å²) in [5.74, 6) is 0.167. The second-order valence-electron chi connectivity index (χ2n) is 6.80. The molecule has 170 valence electrons. The number of fused-ring (bicyclic) bond motifs is 1. The lowest BCUT2D eigenvalue weighted by atomic mass is 10.1. The van der Waals surface area contributed by atoms with Crippen molar-refractivity contribution >= 4 is 31.5 Å². The molecule has 0 radical (unpaired) electrons. The third-order valence-corrected chi connectivity index (χ3v) is 6.36. The number of carbonyl (C=O) groups is 1. The van der Waals surface area contributed by atoms with E-state index in [4.69, 9.17) is 5.14 Å². The molecule has 3 rings (SSSR count). The zero-order chi connectivity index (χ0) is 23.6. The fraction of sp³-hybridized carbons (Fsp3) is 0.278. The lowest BCUT2D eigenvalue weighted by Crippen LogP contribution is -2.46. The van der Waals surface area contributed by atoms with Crippen molar-refractivity contribution in [3.05, 3.63) is 53.6 Å². The summed E-state index contributed by atoms with van der Waals surface area (Å²) in [6.07, 6.45) is -5.79. The summed E-state index contributed by atoms with van der Waals surface area (Å²) in [5.41, 5.74) is -1.14. The molecule has 0 spiro atoms. The number of halogens is 3. The van der Waals surface area contributed by atoms with E-state index in [1.165, 1.54) is 13.8 Å². The van der Waals surface area contributed by atoms with Gasteiger partial charge in [-0.1, -0.05) is 30.3 Å². The summed E-state index contributed by atoms with van der Waals surface area (Å²) in [5, 5.41) is 7.51. The molecule has 0 amide bonds. The van der Waals surface area contributed by atoms with Gasteiger partial charge in [-0.15, -0.1) is 0 Å². The fourth-order valence-electron chi connectivity index (χ4n) is 2.76. The second kappa shape index (κ2) is 8.94. The van der Waals surface area contributed by atoms with Crippen LogP contribution in [0.2, 0.25) is 0 Å². The Kier molecular flexibility index (Phi) is 7.15. The lowest BCUT2D eigenvalue weighted by Gasteiger charge is -2.29. The van der Waals surface area contributed by atoms with Crippen molar-refractivity contribution in [3.63, 3.8) is 0 Å². The zero-order valence-corrected chi connectivity index (χ0v) is 18.0. The molecule has 0 bridgehead atoms. The maximum atomic E-state index is 13.3. The molecule has 0 fully saturated rings. The van der Waals surface area contributed by atoms with Gasteiger partial charge in [0.15, 0.2) is 0 Å². The Bertz CT molecular complexity index is 1180. The van der Waals surface area contributed by atoms with E-state index in [1.54, 1.807) is 30.3 Å². The molecule has 1 heterocycles. The van der Waals surface area contributed by atoms with Crippen LogP contribution in [0, 0.1) is 0 Å². The van der Waals surface area contributed by atoms with Gasteiger partial charge in [-0.2, -0.15) is 17.9 Å². The Labute approximate surface area is 177 Å². The average Bonchev–Trinajstić information content (AvgIpc) is 2.59. The number of anilines is 1. The van der Waals surface area contributed by atoms with Crippen molar-refractivity contribution in [3.8, 4) is 0 Å². The van der Waals surface area contributed by atoms with E-state index in [9.17, 15) is 34.8 Å². The third kappa shape index (κ3) is 6.50. The summed E-state index contributed by atoms with van der Waals surface area (Å²) in [6, 6.07) is 9.57. The van der Waals surface area contributed by atoms with Gasteiger partial charge in [0.1, 0.15) is 10.7 Å². The smallest absolute Gasteiger partial charge is 0.368 e. The maximum absolute atomic E-state index is 13.3. The monoisotopic (exact) mass is 479 g/mol. The Morgan fingerprint density at radius 1 is 1.13 bits per heavy atom. The van der Waals surface area contributed by atoms with Crippen LogP contribution >= 0.6 is 0 Å². The predicted octanol–water partition coefficient (Wildman–Crippen LogP) is 2.22. The SMILES string of the molecule is CC(C)=O.NS(=O)(=O)c1cc2c(cc1C(F)(F)F)N[C@@H](Cc1ccccc1)NS2(=O)=O. The van der Waals surface area contributed by atoms with Crippen molar-refractivity contribution in [2.24, 2.45) is 5.14 Å². The van der Waals surface area contributed by atoms with Gasteiger partial charge in [-0.25, -0.2) is 22.0 Å². The molecule has 31 heavy (non-hydrogen) atoms. The lowest BCUT2D eigenvalue weighted by molar-refractivity contribution is -0.139. The molecule has 2 aromatic carbocycles. The molecule has 0 saturated heterocycles. The molecular weight excluding hydrogens is 459 g/mol. The summed E-state index contributed by atoms with van der Waals surface area (Å²) in [7, 11) is -9.06. The van der Waals surface area contributed by atoms with Crippen molar-refractivity contribution in [1.82, 2.24) is 4.72 Å². The zero-order valence-electron chi connectivity index (χ0n) is 16.4. The topological polar surface area (TPSA) is 135 Å². The standard InChI is InChI=1S/C15H14F3N3O4S2.C3H6O/c16-15(17,18)10-7-11-13(8-12(10)26(19,22)23)27(24,25)21-14(20-11)6-9-4-2-1-3-5-9;1-3(2)4/h1-5,7-8,14,20-21H,6H2,(H2,19,22,23);1-2H3/t14-;/m1./s1. The quantitative estimate of drug-likeness (QED) is 0.618. The highest BCUT2D eigenvalue weighted by Gasteiger charge is 2.40. The molecule has 4 N–H and O–H groups in total. The highest BCUT2D eigenvalue weighted by atomic mass is 32.2. The molecule has 0 unspecified atom stereocenters. The van der Waals surface area contributed by atoms with Gasteiger partial charge in [0, 0.05) is 6.42 Å². The number of sulfonamides is 2. The minimum absolute atomic E-state index is 0.164. The first kappa shape index (κ1) is 24.8. The van der Waals surface area contributed by atoms with Crippen LogP contribution in [0.3, 0.4) is 0 Å². The molecular formula is C18H20F3N3O5S2. The van der Waals surface area contributed by atoms with Crippen LogP contribution in [0.15, 0.2) is 52.3 Å². The molecule has 1 aliphatic heterocycles. The molecule has 2 aromatic rings. The Hall–Kier alpha value is -2.48. The van der Waals surface area contributed by atoms with Gasteiger partial charge >= 0.3 is 6.18 Å². The van der Waals surface area contributed by atoms with Crippen molar-refractivity contribution in [2.45, 2.75) is 42.4 Å². The number of benzene rings is 2. The first-order chi connectivity index (χ1) is 14.1.